The van der Waals surface area contributed by atoms with Gasteiger partial charge in [0.1, 0.15) is 5.69 Å². The zero-order valence-corrected chi connectivity index (χ0v) is 14.3. The Morgan fingerprint density at radius 2 is 2.29 bits per heavy atom. The average molecular weight is 356 g/mol. The van der Waals surface area contributed by atoms with Crippen LogP contribution >= 0.6 is 15.9 Å². The minimum absolute atomic E-state index is 0.183. The van der Waals surface area contributed by atoms with Gasteiger partial charge in [-0.25, -0.2) is 10.5 Å². The van der Waals surface area contributed by atoms with Crippen molar-refractivity contribution in [2.45, 2.75) is 39.2 Å². The van der Waals surface area contributed by atoms with E-state index in [9.17, 15) is 0 Å². The van der Waals surface area contributed by atoms with Crippen molar-refractivity contribution >= 4 is 21.8 Å². The maximum Gasteiger partial charge on any atom is 0.228 e. The molecule has 0 bridgehead atoms. The van der Waals surface area contributed by atoms with Crippen LogP contribution in [0, 0.1) is 5.92 Å². The third-order valence-electron chi connectivity index (χ3n) is 3.70. The van der Waals surface area contributed by atoms with Crippen molar-refractivity contribution in [2.24, 2.45) is 10.9 Å². The molecule has 2 rings (SSSR count). The molecule has 0 amide bonds. The van der Waals surface area contributed by atoms with Gasteiger partial charge in [0.2, 0.25) is 5.88 Å². The SMILES string of the molecule is CCCC(CC)C1CONC(c2ccc(Br)c(OC)n2)=N1. The molecule has 2 heterocycles. The molecule has 0 saturated carbocycles. The number of aliphatic imine (C=N–C) groups is 1. The number of hydroxylamine groups is 1. The van der Waals surface area contributed by atoms with E-state index in [1.807, 2.05) is 12.1 Å². The summed E-state index contributed by atoms with van der Waals surface area (Å²) in [6, 6.07) is 3.98. The van der Waals surface area contributed by atoms with Gasteiger partial charge in [0.15, 0.2) is 5.84 Å². The van der Waals surface area contributed by atoms with E-state index in [0.717, 1.165) is 23.0 Å². The summed E-state index contributed by atoms with van der Waals surface area (Å²) in [7, 11) is 1.60. The molecule has 5 nitrogen and oxygen atoms in total. The largest absolute Gasteiger partial charge is 0.480 e. The molecule has 6 heteroatoms. The molecule has 0 fully saturated rings. The number of halogens is 1. The summed E-state index contributed by atoms with van der Waals surface area (Å²) in [5, 5.41) is 0. The molecule has 2 atom stereocenters. The normalized spacial score (nSPS) is 19.6. The highest BCUT2D eigenvalue weighted by Gasteiger charge is 2.24. The van der Waals surface area contributed by atoms with Crippen molar-refractivity contribution in [2.75, 3.05) is 13.7 Å². The Hall–Kier alpha value is -1.14. The fourth-order valence-corrected chi connectivity index (χ4v) is 2.91. The van der Waals surface area contributed by atoms with Gasteiger partial charge in [-0.3, -0.25) is 9.83 Å². The molecule has 0 aliphatic carbocycles. The number of hydrogen-bond donors (Lipinski definition) is 1. The van der Waals surface area contributed by atoms with Crippen LogP contribution in [0.5, 0.6) is 5.88 Å². The van der Waals surface area contributed by atoms with Crippen molar-refractivity contribution in [3.8, 4) is 5.88 Å². The standard InChI is InChI=1S/C15H22BrN3O2/c1-4-6-10(5-2)13-9-21-19-14(17-13)12-8-7-11(16)15(18-12)20-3/h7-8,10,13H,4-6,9H2,1-3H3,(H,17,19). The highest BCUT2D eigenvalue weighted by molar-refractivity contribution is 9.10. The molecule has 2 unspecified atom stereocenters. The molecular formula is C15H22BrN3O2. The van der Waals surface area contributed by atoms with E-state index in [4.69, 9.17) is 14.6 Å². The third-order valence-corrected chi connectivity index (χ3v) is 4.30. The summed E-state index contributed by atoms with van der Waals surface area (Å²) >= 11 is 3.40. The number of nitrogens with zero attached hydrogens (tertiary/aromatic N) is 2. The number of ether oxygens (including phenoxy) is 1. The molecule has 1 N–H and O–H groups in total. The minimum atomic E-state index is 0.183. The van der Waals surface area contributed by atoms with Crippen LogP contribution in [-0.2, 0) is 4.84 Å². The number of amidine groups is 1. The summed E-state index contributed by atoms with van der Waals surface area (Å²) < 4.78 is 6.05. The number of methoxy groups -OCH3 is 1. The third kappa shape index (κ3) is 3.95. The van der Waals surface area contributed by atoms with E-state index in [0.29, 0.717) is 24.2 Å². The summed E-state index contributed by atoms with van der Waals surface area (Å²) in [5.41, 5.74) is 3.60. The van der Waals surface area contributed by atoms with Gasteiger partial charge in [-0.15, -0.1) is 0 Å². The smallest absolute Gasteiger partial charge is 0.228 e. The summed E-state index contributed by atoms with van der Waals surface area (Å²) in [6.07, 6.45) is 3.44. The number of rotatable bonds is 6. The quantitative estimate of drug-likeness (QED) is 0.850. The lowest BCUT2D eigenvalue weighted by Gasteiger charge is -2.27. The van der Waals surface area contributed by atoms with Crippen LogP contribution in [0.25, 0.3) is 0 Å². The summed E-state index contributed by atoms with van der Waals surface area (Å²) in [6.45, 7) is 5.02. The maximum absolute atomic E-state index is 5.51. The van der Waals surface area contributed by atoms with E-state index in [-0.39, 0.29) is 6.04 Å². The van der Waals surface area contributed by atoms with Crippen LogP contribution < -0.4 is 10.2 Å². The van der Waals surface area contributed by atoms with Gasteiger partial charge in [0, 0.05) is 0 Å². The van der Waals surface area contributed by atoms with Gasteiger partial charge < -0.3 is 4.74 Å². The molecule has 0 radical (unpaired) electrons. The van der Waals surface area contributed by atoms with E-state index in [2.05, 4.69) is 40.2 Å². The molecule has 1 aromatic rings. The monoisotopic (exact) mass is 355 g/mol. The fraction of sp³-hybridized carbons (Fsp3) is 0.600. The Balaban J connectivity index is 2.24. The zero-order valence-electron chi connectivity index (χ0n) is 12.7. The Kier molecular flexibility index (Phi) is 5.99. The van der Waals surface area contributed by atoms with Gasteiger partial charge in [0.05, 0.1) is 24.2 Å². The molecule has 116 valence electrons. The fourth-order valence-electron chi connectivity index (χ4n) is 2.52. The second-order valence-electron chi connectivity index (χ2n) is 5.10. The lowest BCUT2D eigenvalue weighted by atomic mass is 9.93. The molecule has 0 saturated heterocycles. The van der Waals surface area contributed by atoms with E-state index >= 15 is 0 Å². The molecule has 1 aromatic heterocycles. The second-order valence-corrected chi connectivity index (χ2v) is 5.96. The Morgan fingerprint density at radius 1 is 1.48 bits per heavy atom. The second kappa shape index (κ2) is 7.75. The zero-order chi connectivity index (χ0) is 15.2. The van der Waals surface area contributed by atoms with E-state index in [1.54, 1.807) is 7.11 Å². The summed E-state index contributed by atoms with van der Waals surface area (Å²) in [5.74, 6) is 1.76. The van der Waals surface area contributed by atoms with Crippen LogP contribution in [0.4, 0.5) is 0 Å². The molecule has 1 aliphatic rings. The molecule has 0 spiro atoms. The minimum Gasteiger partial charge on any atom is -0.480 e. The van der Waals surface area contributed by atoms with Crippen molar-refractivity contribution in [3.63, 3.8) is 0 Å². The van der Waals surface area contributed by atoms with Crippen LogP contribution in [0.3, 0.4) is 0 Å². The lowest BCUT2D eigenvalue weighted by Crippen LogP contribution is -2.39. The maximum atomic E-state index is 5.51. The van der Waals surface area contributed by atoms with E-state index < -0.39 is 0 Å². The highest BCUT2D eigenvalue weighted by Crippen LogP contribution is 2.24. The van der Waals surface area contributed by atoms with Gasteiger partial charge in [-0.05, 0) is 40.4 Å². The summed E-state index contributed by atoms with van der Waals surface area (Å²) in [4.78, 5) is 14.7. The number of pyridine rings is 1. The lowest BCUT2D eigenvalue weighted by molar-refractivity contribution is 0.0474. The molecular weight excluding hydrogens is 334 g/mol. The highest BCUT2D eigenvalue weighted by atomic mass is 79.9. The van der Waals surface area contributed by atoms with Crippen molar-refractivity contribution < 1.29 is 9.57 Å². The molecule has 0 aromatic carbocycles. The predicted octanol–water partition coefficient (Wildman–Crippen LogP) is 3.33. The first-order valence-electron chi connectivity index (χ1n) is 7.36. The number of hydrogen-bond acceptors (Lipinski definition) is 5. The van der Waals surface area contributed by atoms with Crippen LogP contribution in [0.15, 0.2) is 21.6 Å². The first-order valence-corrected chi connectivity index (χ1v) is 8.15. The van der Waals surface area contributed by atoms with E-state index in [1.165, 1.54) is 6.42 Å². The van der Waals surface area contributed by atoms with Gasteiger partial charge in [-0.1, -0.05) is 26.7 Å². The first-order chi connectivity index (χ1) is 10.2. The topological polar surface area (TPSA) is 55.7 Å². The Labute approximate surface area is 134 Å². The van der Waals surface area contributed by atoms with Crippen molar-refractivity contribution in [1.29, 1.82) is 0 Å². The average Bonchev–Trinajstić information content (AvgIpc) is 2.53. The van der Waals surface area contributed by atoms with Crippen LogP contribution in [0.2, 0.25) is 0 Å². The first kappa shape index (κ1) is 16.2. The van der Waals surface area contributed by atoms with Crippen LogP contribution in [-0.4, -0.2) is 30.6 Å². The van der Waals surface area contributed by atoms with Crippen LogP contribution in [0.1, 0.15) is 38.8 Å². The molecule has 1 aliphatic heterocycles. The van der Waals surface area contributed by atoms with Crippen molar-refractivity contribution in [3.05, 3.63) is 22.3 Å². The Morgan fingerprint density at radius 3 is 2.95 bits per heavy atom. The molecule has 21 heavy (non-hydrogen) atoms. The number of nitrogens with one attached hydrogen (secondary N) is 1. The van der Waals surface area contributed by atoms with Gasteiger partial charge >= 0.3 is 0 Å². The Bertz CT molecular complexity index is 508. The predicted molar refractivity (Wildman–Crippen MR) is 86.6 cm³/mol. The van der Waals surface area contributed by atoms with Gasteiger partial charge in [0.25, 0.3) is 0 Å². The van der Waals surface area contributed by atoms with Gasteiger partial charge in [-0.2, -0.15) is 0 Å². The van der Waals surface area contributed by atoms with Crippen molar-refractivity contribution in [1.82, 2.24) is 10.5 Å². The number of aromatic nitrogens is 1.